The summed E-state index contributed by atoms with van der Waals surface area (Å²) in [6.45, 7) is 9.55. The van der Waals surface area contributed by atoms with Gasteiger partial charge in [-0.15, -0.1) is 0 Å². The Morgan fingerprint density at radius 3 is 2.54 bits per heavy atom. The molecule has 1 N–H and O–H groups in total. The first kappa shape index (κ1) is 18.6. The van der Waals surface area contributed by atoms with Gasteiger partial charge in [-0.1, -0.05) is 45.9 Å². The lowest BCUT2D eigenvalue weighted by atomic mass is 9.73. The van der Waals surface area contributed by atoms with Crippen molar-refractivity contribution in [1.29, 1.82) is 0 Å². The zero-order chi connectivity index (χ0) is 18.9. The Morgan fingerprint density at radius 1 is 1.27 bits per heavy atom. The number of carbonyl (C=O) groups is 1. The standard InChI is InChI=1S/C21H29N3O2/c1-5-18-16(13-22-24(18)15-9-7-6-8-10-15)20(26)23-12-11-17(19(25)14-23)21(2,3)4/h6-10,13,17,19,25H,5,11-12,14H2,1-4H3/t17-,19-/m1/s1. The molecule has 2 heterocycles. The summed E-state index contributed by atoms with van der Waals surface area (Å²) in [5.41, 5.74) is 2.54. The normalized spacial score (nSPS) is 21.0. The number of carbonyl (C=O) groups excluding carboxylic acids is 1. The number of para-hydroxylation sites is 1. The maximum atomic E-state index is 13.1. The number of hydrogen-bond donors (Lipinski definition) is 1. The lowest BCUT2D eigenvalue weighted by molar-refractivity contribution is -0.0188. The minimum absolute atomic E-state index is 0.0320. The third-order valence-electron chi connectivity index (χ3n) is 5.42. The molecular formula is C21H29N3O2. The summed E-state index contributed by atoms with van der Waals surface area (Å²) in [5.74, 6) is 0.180. The molecule has 1 aromatic heterocycles. The number of nitrogens with zero attached hydrogens (tertiary/aromatic N) is 3. The first-order valence-electron chi connectivity index (χ1n) is 9.42. The molecule has 0 radical (unpaired) electrons. The number of likely N-dealkylation sites (tertiary alicyclic amines) is 1. The van der Waals surface area contributed by atoms with Gasteiger partial charge in [-0.05, 0) is 36.3 Å². The lowest BCUT2D eigenvalue weighted by Gasteiger charge is -2.42. The van der Waals surface area contributed by atoms with E-state index in [2.05, 4.69) is 25.9 Å². The van der Waals surface area contributed by atoms with Gasteiger partial charge in [0.05, 0.1) is 29.2 Å². The number of rotatable bonds is 3. The van der Waals surface area contributed by atoms with Crippen LogP contribution in [-0.4, -0.2) is 44.9 Å². The first-order valence-corrected chi connectivity index (χ1v) is 9.42. The molecule has 0 spiro atoms. The Morgan fingerprint density at radius 2 is 1.96 bits per heavy atom. The number of aliphatic hydroxyl groups is 1. The molecule has 1 amide bonds. The van der Waals surface area contributed by atoms with Crippen molar-refractivity contribution in [2.24, 2.45) is 11.3 Å². The van der Waals surface area contributed by atoms with E-state index in [4.69, 9.17) is 0 Å². The average molecular weight is 355 g/mol. The van der Waals surface area contributed by atoms with Crippen LogP contribution >= 0.6 is 0 Å². The maximum absolute atomic E-state index is 13.1. The predicted octanol–water partition coefficient (Wildman–Crippen LogP) is 3.30. The third-order valence-corrected chi connectivity index (χ3v) is 5.42. The zero-order valence-electron chi connectivity index (χ0n) is 16.1. The molecular weight excluding hydrogens is 326 g/mol. The van der Waals surface area contributed by atoms with E-state index in [0.29, 0.717) is 18.7 Å². The van der Waals surface area contributed by atoms with Gasteiger partial charge in [0.15, 0.2) is 0 Å². The van der Waals surface area contributed by atoms with Crippen molar-refractivity contribution in [3.8, 4) is 5.69 Å². The number of hydrogen-bond acceptors (Lipinski definition) is 3. The second-order valence-corrected chi connectivity index (χ2v) is 8.19. The Labute approximate surface area is 155 Å². The Bertz CT molecular complexity index is 761. The third kappa shape index (κ3) is 3.54. The molecule has 2 atom stereocenters. The van der Waals surface area contributed by atoms with Crippen LogP contribution in [0.2, 0.25) is 0 Å². The molecule has 1 saturated heterocycles. The summed E-state index contributed by atoms with van der Waals surface area (Å²) < 4.78 is 1.84. The van der Waals surface area contributed by atoms with Crippen LogP contribution < -0.4 is 0 Å². The van der Waals surface area contributed by atoms with E-state index in [-0.39, 0.29) is 17.2 Å². The minimum Gasteiger partial charge on any atom is -0.391 e. The number of aliphatic hydroxyl groups excluding tert-OH is 1. The summed E-state index contributed by atoms with van der Waals surface area (Å²) in [6, 6.07) is 9.86. The highest BCUT2D eigenvalue weighted by Crippen LogP contribution is 2.35. The topological polar surface area (TPSA) is 58.4 Å². The van der Waals surface area contributed by atoms with Gasteiger partial charge < -0.3 is 10.0 Å². The molecule has 5 nitrogen and oxygen atoms in total. The monoisotopic (exact) mass is 355 g/mol. The molecule has 26 heavy (non-hydrogen) atoms. The molecule has 0 unspecified atom stereocenters. The Kier molecular flexibility index (Phi) is 5.19. The first-order chi connectivity index (χ1) is 12.3. The molecule has 0 aliphatic carbocycles. The number of benzene rings is 1. The summed E-state index contributed by atoms with van der Waals surface area (Å²) >= 11 is 0. The second-order valence-electron chi connectivity index (χ2n) is 8.19. The van der Waals surface area contributed by atoms with Crippen LogP contribution in [0.1, 0.15) is 50.2 Å². The average Bonchev–Trinajstić information content (AvgIpc) is 3.04. The van der Waals surface area contributed by atoms with Gasteiger partial charge in [0.1, 0.15) is 0 Å². The molecule has 3 rings (SSSR count). The van der Waals surface area contributed by atoms with E-state index in [0.717, 1.165) is 24.2 Å². The largest absolute Gasteiger partial charge is 0.391 e. The van der Waals surface area contributed by atoms with Crippen molar-refractivity contribution in [3.05, 3.63) is 47.8 Å². The van der Waals surface area contributed by atoms with Crippen LogP contribution in [0.5, 0.6) is 0 Å². The number of aromatic nitrogens is 2. The SMILES string of the molecule is CCc1c(C(=O)N2CC[C@@H](C(C)(C)C)[C@H](O)C2)cnn1-c1ccccc1. The fraction of sp³-hybridized carbons (Fsp3) is 0.524. The van der Waals surface area contributed by atoms with Crippen LogP contribution in [0, 0.1) is 11.3 Å². The quantitative estimate of drug-likeness (QED) is 0.919. The van der Waals surface area contributed by atoms with Gasteiger partial charge in [0.2, 0.25) is 0 Å². The van der Waals surface area contributed by atoms with Gasteiger partial charge in [-0.25, -0.2) is 4.68 Å². The molecule has 0 saturated carbocycles. The predicted molar refractivity (Wildman–Crippen MR) is 102 cm³/mol. The van der Waals surface area contributed by atoms with E-state index in [1.54, 1.807) is 11.1 Å². The van der Waals surface area contributed by atoms with E-state index < -0.39 is 6.10 Å². The van der Waals surface area contributed by atoms with E-state index in [1.165, 1.54) is 0 Å². The highest BCUT2D eigenvalue weighted by molar-refractivity contribution is 5.95. The number of piperidine rings is 1. The van der Waals surface area contributed by atoms with Crippen LogP contribution in [0.15, 0.2) is 36.5 Å². The lowest BCUT2D eigenvalue weighted by Crippen LogP contribution is -2.50. The highest BCUT2D eigenvalue weighted by atomic mass is 16.3. The smallest absolute Gasteiger partial charge is 0.257 e. The van der Waals surface area contributed by atoms with Gasteiger partial charge in [-0.2, -0.15) is 5.10 Å². The van der Waals surface area contributed by atoms with Crippen LogP contribution in [-0.2, 0) is 6.42 Å². The van der Waals surface area contributed by atoms with Crippen molar-refractivity contribution in [2.45, 2.75) is 46.6 Å². The number of amides is 1. The van der Waals surface area contributed by atoms with Crippen LogP contribution in [0.3, 0.4) is 0 Å². The molecule has 140 valence electrons. The van der Waals surface area contributed by atoms with E-state index in [9.17, 15) is 9.90 Å². The van der Waals surface area contributed by atoms with Crippen molar-refractivity contribution in [1.82, 2.24) is 14.7 Å². The molecule has 1 fully saturated rings. The van der Waals surface area contributed by atoms with Gasteiger partial charge in [-0.3, -0.25) is 4.79 Å². The van der Waals surface area contributed by atoms with Crippen LogP contribution in [0.4, 0.5) is 0 Å². The van der Waals surface area contributed by atoms with Crippen molar-refractivity contribution >= 4 is 5.91 Å². The van der Waals surface area contributed by atoms with Crippen molar-refractivity contribution in [3.63, 3.8) is 0 Å². The van der Waals surface area contributed by atoms with Crippen molar-refractivity contribution in [2.75, 3.05) is 13.1 Å². The Balaban J connectivity index is 1.82. The van der Waals surface area contributed by atoms with Crippen molar-refractivity contribution < 1.29 is 9.90 Å². The number of β-amino-alcohol motifs (C(OH)–C–C–N with tert-alkyl or cyclic N) is 1. The fourth-order valence-corrected chi connectivity index (χ4v) is 3.98. The second kappa shape index (κ2) is 7.23. The zero-order valence-corrected chi connectivity index (χ0v) is 16.1. The molecule has 1 aliphatic rings. The highest BCUT2D eigenvalue weighted by Gasteiger charge is 2.37. The minimum atomic E-state index is -0.484. The summed E-state index contributed by atoms with van der Waals surface area (Å²) in [4.78, 5) is 14.9. The van der Waals surface area contributed by atoms with Gasteiger partial charge in [0.25, 0.3) is 5.91 Å². The van der Waals surface area contributed by atoms with E-state index in [1.807, 2.05) is 41.9 Å². The molecule has 1 aromatic carbocycles. The van der Waals surface area contributed by atoms with Crippen LogP contribution in [0.25, 0.3) is 5.69 Å². The van der Waals surface area contributed by atoms with Gasteiger partial charge in [0, 0.05) is 13.1 Å². The van der Waals surface area contributed by atoms with Gasteiger partial charge >= 0.3 is 0 Å². The Hall–Kier alpha value is -2.14. The summed E-state index contributed by atoms with van der Waals surface area (Å²) in [6.07, 6.45) is 2.72. The molecule has 2 aromatic rings. The maximum Gasteiger partial charge on any atom is 0.257 e. The fourth-order valence-electron chi connectivity index (χ4n) is 3.98. The molecule has 1 aliphatic heterocycles. The van der Waals surface area contributed by atoms with E-state index >= 15 is 0 Å². The molecule has 5 heteroatoms. The summed E-state index contributed by atoms with van der Waals surface area (Å²) in [7, 11) is 0. The molecule has 0 bridgehead atoms. The summed E-state index contributed by atoms with van der Waals surface area (Å²) in [5, 5.41) is 15.0.